The Kier molecular flexibility index (Phi) is 26.6. The first-order valence-corrected chi connectivity index (χ1v) is 5.71. The van der Waals surface area contributed by atoms with Gasteiger partial charge in [0.25, 0.3) is 0 Å². The van der Waals surface area contributed by atoms with Crippen LogP contribution in [-0.2, 0) is 97.2 Å². The number of guanidine groups is 1. The van der Waals surface area contributed by atoms with E-state index in [9.17, 15) is 0 Å². The van der Waals surface area contributed by atoms with Crippen molar-refractivity contribution in [3.63, 3.8) is 0 Å². The Morgan fingerprint density at radius 2 is 1.90 bits per heavy atom. The largest absolute Gasteiger partial charge is 0.369 e. The van der Waals surface area contributed by atoms with Crippen LogP contribution >= 0.6 is 0 Å². The van der Waals surface area contributed by atoms with Crippen molar-refractivity contribution in [2.75, 3.05) is 0 Å². The van der Waals surface area contributed by atoms with Crippen LogP contribution < -0.4 is 11.1 Å². The van der Waals surface area contributed by atoms with Crippen LogP contribution in [0.4, 0.5) is 0 Å². The van der Waals surface area contributed by atoms with Crippen LogP contribution in [0.3, 0.4) is 0 Å². The van der Waals surface area contributed by atoms with Gasteiger partial charge in [0.1, 0.15) is 0 Å². The van der Waals surface area contributed by atoms with Gasteiger partial charge in [0, 0.05) is 90.8 Å². The molecule has 0 radical (unpaired) electrons. The molecule has 1 rings (SSSR count). The SMILES string of the molecule is CCCCc1[c-]c(CN=C(N)NC#N)ccc1.[W].[W].[W].[W]. The van der Waals surface area contributed by atoms with Gasteiger partial charge in [0.2, 0.25) is 5.96 Å². The Bertz CT molecular complexity index is 432. The summed E-state index contributed by atoms with van der Waals surface area (Å²) in [6.45, 7) is 2.61. The molecule has 3 N–H and O–H groups in total. The summed E-state index contributed by atoms with van der Waals surface area (Å²) in [6, 6.07) is 9.33. The first-order chi connectivity index (χ1) is 8.26. The van der Waals surface area contributed by atoms with Crippen molar-refractivity contribution in [1.29, 1.82) is 5.26 Å². The Morgan fingerprint density at radius 1 is 1.29 bits per heavy atom. The third kappa shape index (κ3) is 14.1. The molecule has 0 aliphatic carbocycles. The standard InChI is InChI=1S/C13H17N4.4W/c1-2-3-5-11-6-4-7-12(8-11)9-16-13(15)17-10-14;;;;/h4,6-7H,2-3,5,9H2,1H3,(H3,15,16,17);;;;/q-1;;;;. The zero-order valence-corrected chi connectivity index (χ0v) is 23.4. The third-order valence-electron chi connectivity index (χ3n) is 2.32. The van der Waals surface area contributed by atoms with Gasteiger partial charge in [0.15, 0.2) is 6.19 Å². The molecule has 0 fully saturated rings. The number of nitrogens with zero attached hydrogens (tertiary/aromatic N) is 2. The molecule has 0 heterocycles. The topological polar surface area (TPSA) is 74.2 Å². The zero-order valence-electron chi connectivity index (χ0n) is 11.7. The van der Waals surface area contributed by atoms with Crippen LogP contribution in [0.5, 0.6) is 0 Å². The van der Waals surface area contributed by atoms with Crippen LogP contribution in [-0.4, -0.2) is 5.96 Å². The fourth-order valence-corrected chi connectivity index (χ4v) is 1.44. The summed E-state index contributed by atoms with van der Waals surface area (Å²) in [5, 5.41) is 10.6. The van der Waals surface area contributed by atoms with Crippen LogP contribution in [0, 0.1) is 17.5 Å². The van der Waals surface area contributed by atoms with Crippen molar-refractivity contribution in [3.05, 3.63) is 35.4 Å². The molecule has 21 heavy (non-hydrogen) atoms. The van der Waals surface area contributed by atoms with E-state index >= 15 is 0 Å². The zero-order chi connectivity index (χ0) is 12.5. The fraction of sp³-hybridized carbons (Fsp3) is 0.385. The second-order valence-corrected chi connectivity index (χ2v) is 3.74. The third-order valence-corrected chi connectivity index (χ3v) is 2.32. The Morgan fingerprint density at radius 3 is 2.48 bits per heavy atom. The van der Waals surface area contributed by atoms with Crippen molar-refractivity contribution in [1.82, 2.24) is 5.32 Å². The summed E-state index contributed by atoms with van der Waals surface area (Å²) >= 11 is 0. The maximum Gasteiger partial charge on any atom is 0.202 e. The molecule has 0 aliphatic rings. The number of nitriles is 1. The number of nitrogens with one attached hydrogen (secondary N) is 1. The van der Waals surface area contributed by atoms with Gasteiger partial charge in [-0.2, -0.15) is 35.1 Å². The molecular formula is C13H17N4W4-. The molecule has 0 amide bonds. The first kappa shape index (κ1) is 29.7. The van der Waals surface area contributed by atoms with Gasteiger partial charge in [-0.1, -0.05) is 26.2 Å². The van der Waals surface area contributed by atoms with Gasteiger partial charge >= 0.3 is 0 Å². The van der Waals surface area contributed by atoms with E-state index in [4.69, 9.17) is 11.0 Å². The average Bonchev–Trinajstić information content (AvgIpc) is 2.35. The predicted molar refractivity (Wildman–Crippen MR) is 68.0 cm³/mol. The summed E-state index contributed by atoms with van der Waals surface area (Å²) in [6.07, 6.45) is 5.11. The van der Waals surface area contributed by atoms with E-state index in [-0.39, 0.29) is 90.2 Å². The van der Waals surface area contributed by atoms with Crippen molar-refractivity contribution >= 4 is 5.96 Å². The van der Waals surface area contributed by atoms with E-state index in [2.05, 4.69) is 29.4 Å². The summed E-state index contributed by atoms with van der Waals surface area (Å²) < 4.78 is 0. The van der Waals surface area contributed by atoms with E-state index < -0.39 is 0 Å². The smallest absolute Gasteiger partial charge is 0.202 e. The molecule has 1 aromatic rings. The number of unbranched alkanes of at least 4 members (excludes halogenated alkanes) is 1. The fourth-order valence-electron chi connectivity index (χ4n) is 1.44. The minimum atomic E-state index is 0. The van der Waals surface area contributed by atoms with Crippen molar-refractivity contribution < 1.29 is 84.3 Å². The van der Waals surface area contributed by atoms with Gasteiger partial charge in [-0.15, -0.1) is 5.56 Å². The number of hydrogen-bond acceptors (Lipinski definition) is 2. The van der Waals surface area contributed by atoms with E-state index in [1.807, 2.05) is 12.1 Å². The number of benzene rings is 1. The second-order valence-electron chi connectivity index (χ2n) is 3.74. The maximum atomic E-state index is 8.35. The Hall–Kier alpha value is 0.733. The number of hydrogen-bond donors (Lipinski definition) is 2. The molecule has 0 spiro atoms. The summed E-state index contributed by atoms with van der Waals surface area (Å²) in [7, 11) is 0. The number of aliphatic imine (C=N–C) groups is 1. The Labute approximate surface area is 184 Å². The van der Waals surface area contributed by atoms with E-state index in [0.29, 0.717) is 6.54 Å². The minimum Gasteiger partial charge on any atom is -0.369 e. The van der Waals surface area contributed by atoms with E-state index in [1.54, 1.807) is 6.19 Å². The minimum absolute atomic E-state index is 0. The van der Waals surface area contributed by atoms with Gasteiger partial charge < -0.3 is 5.73 Å². The number of nitrogens with two attached hydrogens (primary N) is 1. The molecule has 0 bridgehead atoms. The van der Waals surface area contributed by atoms with Crippen molar-refractivity contribution in [3.8, 4) is 6.19 Å². The molecule has 0 saturated heterocycles. The molecule has 0 aromatic heterocycles. The average molecular weight is 965 g/mol. The van der Waals surface area contributed by atoms with Crippen molar-refractivity contribution in [2.24, 2.45) is 10.7 Å². The predicted octanol–water partition coefficient (Wildman–Crippen LogP) is 1.70. The van der Waals surface area contributed by atoms with Crippen LogP contribution in [0.1, 0.15) is 30.9 Å². The summed E-state index contributed by atoms with van der Waals surface area (Å²) in [5.74, 6) is 0.139. The normalized spacial score (nSPS) is 8.86. The molecule has 0 aliphatic heterocycles. The Balaban J connectivity index is -0.000000361. The molecule has 114 valence electrons. The quantitative estimate of drug-likeness (QED) is 0.156. The van der Waals surface area contributed by atoms with E-state index in [1.165, 1.54) is 18.4 Å². The summed E-state index contributed by atoms with van der Waals surface area (Å²) in [4.78, 5) is 4.04. The number of rotatable bonds is 5. The van der Waals surface area contributed by atoms with Crippen molar-refractivity contribution in [2.45, 2.75) is 32.7 Å². The molecule has 0 atom stereocenters. The molecule has 4 nitrogen and oxygen atoms in total. The number of aryl methyl sites for hydroxylation is 1. The van der Waals surface area contributed by atoms with Gasteiger partial charge in [0.05, 0.1) is 0 Å². The van der Waals surface area contributed by atoms with E-state index in [0.717, 1.165) is 12.0 Å². The second kappa shape index (κ2) is 18.8. The molecule has 8 heteroatoms. The molecule has 0 unspecified atom stereocenters. The molecule has 0 saturated carbocycles. The van der Waals surface area contributed by atoms with Crippen LogP contribution in [0.15, 0.2) is 23.2 Å². The summed E-state index contributed by atoms with van der Waals surface area (Å²) in [5.41, 5.74) is 7.64. The van der Waals surface area contributed by atoms with Crippen LogP contribution in [0.25, 0.3) is 0 Å². The monoisotopic (exact) mass is 965 g/mol. The first-order valence-electron chi connectivity index (χ1n) is 5.71. The van der Waals surface area contributed by atoms with Gasteiger partial charge in [-0.05, 0) is 0 Å². The van der Waals surface area contributed by atoms with Crippen LogP contribution in [0.2, 0.25) is 0 Å². The van der Waals surface area contributed by atoms with Gasteiger partial charge in [-0.25, -0.2) is 0 Å². The maximum absolute atomic E-state index is 8.35. The molecular weight excluding hydrogens is 948 g/mol. The van der Waals surface area contributed by atoms with Gasteiger partial charge in [-0.3, -0.25) is 10.3 Å². The molecule has 1 aromatic carbocycles.